The number of nitrogens with one attached hydrogen (secondary N) is 1. The Hall–Kier alpha value is -2.89. The molecule has 2 aromatic rings. The molecule has 21 heavy (non-hydrogen) atoms. The monoisotopic (exact) mass is 285 g/mol. The maximum atomic E-state index is 11.4. The van der Waals surface area contributed by atoms with Crippen LogP contribution in [-0.4, -0.2) is 23.8 Å². The number of pyridine rings is 1. The molecule has 0 aliphatic heterocycles. The van der Waals surface area contributed by atoms with E-state index >= 15 is 0 Å². The van der Waals surface area contributed by atoms with Crippen LogP contribution >= 0.6 is 0 Å². The van der Waals surface area contributed by atoms with E-state index in [1.165, 1.54) is 13.3 Å². The Kier molecular flexibility index (Phi) is 4.18. The second-order valence-electron chi connectivity index (χ2n) is 4.31. The maximum Gasteiger partial charge on any atom is 0.337 e. The minimum absolute atomic E-state index is 0.242. The van der Waals surface area contributed by atoms with Crippen molar-refractivity contribution in [3.8, 4) is 11.5 Å². The van der Waals surface area contributed by atoms with Crippen LogP contribution in [0.25, 0.3) is 0 Å². The molecule has 0 spiro atoms. The molecular weight excluding hydrogens is 270 g/mol. The molecular formula is C15H15N3O3. The number of nitrogen functional groups attached to an aromatic ring is 1. The van der Waals surface area contributed by atoms with Crippen molar-refractivity contribution in [2.45, 2.75) is 6.92 Å². The first-order chi connectivity index (χ1) is 10.0. The Morgan fingerprint density at radius 1 is 1.24 bits per heavy atom. The lowest BCUT2D eigenvalue weighted by Crippen LogP contribution is -2.05. The molecule has 1 aromatic heterocycles. The van der Waals surface area contributed by atoms with Crippen molar-refractivity contribution in [2.75, 3.05) is 12.8 Å². The van der Waals surface area contributed by atoms with Crippen LogP contribution in [0.15, 0.2) is 36.5 Å². The predicted molar refractivity (Wildman–Crippen MR) is 79.0 cm³/mol. The van der Waals surface area contributed by atoms with Gasteiger partial charge in [-0.15, -0.1) is 0 Å². The number of ether oxygens (including phenoxy) is 2. The maximum absolute atomic E-state index is 11.4. The smallest absolute Gasteiger partial charge is 0.337 e. The molecule has 0 saturated carbocycles. The summed E-state index contributed by atoms with van der Waals surface area (Å²) in [6, 6.07) is 8.13. The second kappa shape index (κ2) is 6.04. The molecule has 0 atom stereocenters. The van der Waals surface area contributed by atoms with Gasteiger partial charge in [0.2, 0.25) is 0 Å². The third-order valence-corrected chi connectivity index (χ3v) is 2.82. The fourth-order valence-electron chi connectivity index (χ4n) is 1.83. The number of carbonyl (C=O) groups excluding carboxylic acids is 1. The van der Waals surface area contributed by atoms with Crippen molar-refractivity contribution >= 4 is 17.5 Å². The quantitative estimate of drug-likeness (QED) is 0.664. The molecule has 3 N–H and O–H groups in total. The highest BCUT2D eigenvalue weighted by molar-refractivity contribution is 6.02. The fraction of sp³-hybridized carbons (Fsp3) is 0.133. The van der Waals surface area contributed by atoms with Crippen molar-refractivity contribution in [2.24, 2.45) is 0 Å². The molecule has 0 radical (unpaired) electrons. The Labute approximate surface area is 122 Å². The number of nitrogens with two attached hydrogens (primary N) is 1. The summed E-state index contributed by atoms with van der Waals surface area (Å²) in [5.74, 6) is 0.800. The van der Waals surface area contributed by atoms with Crippen LogP contribution in [0.1, 0.15) is 22.8 Å². The summed E-state index contributed by atoms with van der Waals surface area (Å²) in [5, 5.41) is 7.74. The lowest BCUT2D eigenvalue weighted by atomic mass is 10.1. The van der Waals surface area contributed by atoms with Gasteiger partial charge in [-0.3, -0.25) is 0 Å². The lowest BCUT2D eigenvalue weighted by Gasteiger charge is -2.12. The Balaban J connectivity index is 2.29. The van der Waals surface area contributed by atoms with Crippen molar-refractivity contribution < 1.29 is 14.3 Å². The highest BCUT2D eigenvalue weighted by Crippen LogP contribution is 2.28. The predicted octanol–water partition coefficient (Wildman–Crippen LogP) is 2.63. The van der Waals surface area contributed by atoms with E-state index in [0.717, 1.165) is 0 Å². The summed E-state index contributed by atoms with van der Waals surface area (Å²) in [4.78, 5) is 15.3. The lowest BCUT2D eigenvalue weighted by molar-refractivity contribution is 0.0600. The van der Waals surface area contributed by atoms with E-state index in [4.69, 9.17) is 15.9 Å². The van der Waals surface area contributed by atoms with Crippen molar-refractivity contribution in [3.05, 3.63) is 47.7 Å². The molecule has 2 rings (SSSR count). The largest absolute Gasteiger partial charge is 0.465 e. The first-order valence-corrected chi connectivity index (χ1v) is 6.19. The van der Waals surface area contributed by atoms with E-state index in [-0.39, 0.29) is 11.5 Å². The summed E-state index contributed by atoms with van der Waals surface area (Å²) in [7, 11) is 1.33. The van der Waals surface area contributed by atoms with Crippen LogP contribution < -0.4 is 10.5 Å². The van der Waals surface area contributed by atoms with E-state index < -0.39 is 5.97 Å². The summed E-state index contributed by atoms with van der Waals surface area (Å²) < 4.78 is 10.3. The number of nitrogens with zero attached hydrogens (tertiary/aromatic N) is 1. The van der Waals surface area contributed by atoms with Crippen molar-refractivity contribution in [3.63, 3.8) is 0 Å². The van der Waals surface area contributed by atoms with E-state index in [1.54, 1.807) is 37.3 Å². The summed E-state index contributed by atoms with van der Waals surface area (Å²) >= 11 is 0. The van der Waals surface area contributed by atoms with Gasteiger partial charge in [-0.25, -0.2) is 9.78 Å². The van der Waals surface area contributed by atoms with Crippen LogP contribution in [0.5, 0.6) is 11.5 Å². The zero-order valence-electron chi connectivity index (χ0n) is 11.7. The average molecular weight is 285 g/mol. The average Bonchev–Trinajstić information content (AvgIpc) is 2.47. The minimum atomic E-state index is -0.411. The molecule has 0 amide bonds. The fourth-order valence-corrected chi connectivity index (χ4v) is 1.83. The number of hydrogen-bond acceptors (Lipinski definition) is 6. The van der Waals surface area contributed by atoms with Gasteiger partial charge in [-0.1, -0.05) is 0 Å². The minimum Gasteiger partial charge on any atom is -0.465 e. The molecule has 108 valence electrons. The van der Waals surface area contributed by atoms with Gasteiger partial charge >= 0.3 is 5.97 Å². The second-order valence-corrected chi connectivity index (χ2v) is 4.31. The van der Waals surface area contributed by atoms with Gasteiger partial charge in [0.25, 0.3) is 0 Å². The van der Waals surface area contributed by atoms with E-state index in [9.17, 15) is 4.79 Å². The molecule has 0 aliphatic rings. The number of hydrogen-bond donors (Lipinski definition) is 2. The summed E-state index contributed by atoms with van der Waals surface area (Å²) in [5.41, 5.74) is 6.92. The highest BCUT2D eigenvalue weighted by atomic mass is 16.5. The van der Waals surface area contributed by atoms with E-state index in [1.807, 2.05) is 0 Å². The Morgan fingerprint density at radius 2 is 1.90 bits per heavy atom. The number of benzene rings is 1. The molecule has 0 aliphatic carbocycles. The first-order valence-electron chi connectivity index (χ1n) is 6.19. The normalized spacial score (nSPS) is 10.0. The molecule has 0 saturated heterocycles. The third-order valence-electron chi connectivity index (χ3n) is 2.82. The number of rotatable bonds is 4. The summed E-state index contributed by atoms with van der Waals surface area (Å²) in [6.07, 6.45) is 1.51. The summed E-state index contributed by atoms with van der Waals surface area (Å²) in [6.45, 7) is 1.61. The SMILES string of the molecule is COC(=O)c1ccc(Oc2ccnc(N)c2C(C)=N)cc1. The van der Waals surface area contributed by atoms with E-state index in [0.29, 0.717) is 22.6 Å². The standard InChI is InChI=1S/C15H15N3O3/c1-9(16)13-12(7-8-18-14(13)17)21-11-5-3-10(4-6-11)15(19)20-2/h3-8,16H,1-2H3,(H2,17,18). The number of carbonyl (C=O) groups is 1. The van der Waals surface area contributed by atoms with Crippen LogP contribution in [0.2, 0.25) is 0 Å². The Morgan fingerprint density at radius 3 is 2.48 bits per heavy atom. The van der Waals surface area contributed by atoms with Crippen molar-refractivity contribution in [1.29, 1.82) is 5.41 Å². The van der Waals surface area contributed by atoms with Crippen molar-refractivity contribution in [1.82, 2.24) is 4.98 Å². The van der Waals surface area contributed by atoms with Gasteiger partial charge in [0.05, 0.1) is 18.2 Å². The highest BCUT2D eigenvalue weighted by Gasteiger charge is 2.12. The van der Waals surface area contributed by atoms with Gasteiger partial charge < -0.3 is 20.6 Å². The van der Waals surface area contributed by atoms with Crippen LogP contribution in [0.3, 0.4) is 0 Å². The first kappa shape index (κ1) is 14.5. The van der Waals surface area contributed by atoms with Crippen LogP contribution in [0, 0.1) is 5.41 Å². The van der Waals surface area contributed by atoms with Gasteiger partial charge in [0, 0.05) is 11.9 Å². The van der Waals surface area contributed by atoms with E-state index in [2.05, 4.69) is 9.72 Å². The molecule has 0 unspecified atom stereocenters. The third kappa shape index (κ3) is 3.17. The molecule has 1 heterocycles. The van der Waals surface area contributed by atoms with Crippen LogP contribution in [-0.2, 0) is 4.74 Å². The van der Waals surface area contributed by atoms with Gasteiger partial charge in [-0.05, 0) is 37.3 Å². The molecule has 0 fully saturated rings. The number of anilines is 1. The zero-order valence-corrected chi connectivity index (χ0v) is 11.7. The number of aromatic nitrogens is 1. The molecule has 6 heteroatoms. The van der Waals surface area contributed by atoms with Crippen LogP contribution in [0.4, 0.5) is 5.82 Å². The number of esters is 1. The molecule has 0 bridgehead atoms. The van der Waals surface area contributed by atoms with Gasteiger partial charge in [0.15, 0.2) is 0 Å². The Bertz CT molecular complexity index is 681. The zero-order chi connectivity index (χ0) is 15.4. The molecule has 1 aromatic carbocycles. The molecule has 6 nitrogen and oxygen atoms in total. The number of methoxy groups -OCH3 is 1. The van der Waals surface area contributed by atoms with Gasteiger partial charge in [-0.2, -0.15) is 0 Å². The topological polar surface area (TPSA) is 98.3 Å². The van der Waals surface area contributed by atoms with Gasteiger partial charge in [0.1, 0.15) is 17.3 Å².